The molecule has 0 radical (unpaired) electrons. The zero-order chi connectivity index (χ0) is 15.7. The van der Waals surface area contributed by atoms with E-state index in [2.05, 4.69) is 12.2 Å². The first kappa shape index (κ1) is 16.0. The molecule has 1 aromatic rings. The quantitative estimate of drug-likeness (QED) is 0.798. The molecule has 7 heteroatoms. The lowest BCUT2D eigenvalue weighted by Gasteiger charge is -2.14. The molecule has 0 spiro atoms. The summed E-state index contributed by atoms with van der Waals surface area (Å²) in [5.41, 5.74) is 0.605. The molecule has 1 saturated carbocycles. The molecule has 1 aliphatic rings. The van der Waals surface area contributed by atoms with Gasteiger partial charge < -0.3 is 9.88 Å². The Labute approximate surface area is 125 Å². The van der Waals surface area contributed by atoms with E-state index in [0.717, 1.165) is 25.7 Å². The molecule has 3 N–H and O–H groups in total. The second kappa shape index (κ2) is 5.81. The van der Waals surface area contributed by atoms with Gasteiger partial charge in [0.25, 0.3) is 5.91 Å². The molecule has 21 heavy (non-hydrogen) atoms. The molecule has 1 aromatic heterocycles. The summed E-state index contributed by atoms with van der Waals surface area (Å²) in [6.45, 7) is 5.31. The summed E-state index contributed by atoms with van der Waals surface area (Å²) in [7, 11) is -3.79. The van der Waals surface area contributed by atoms with Crippen LogP contribution in [0.4, 0.5) is 0 Å². The molecular formula is C14H23N3O3S. The maximum Gasteiger partial charge on any atom is 0.267 e. The number of carbonyl (C=O) groups is 1. The molecule has 1 amide bonds. The molecule has 1 aliphatic carbocycles. The normalized spacial score (nSPS) is 16.7. The highest BCUT2D eigenvalue weighted by Crippen LogP contribution is 2.47. The van der Waals surface area contributed by atoms with Crippen LogP contribution < -0.4 is 10.5 Å². The van der Waals surface area contributed by atoms with E-state index in [4.69, 9.17) is 5.14 Å². The highest BCUT2D eigenvalue weighted by atomic mass is 32.2. The smallest absolute Gasteiger partial charge is 0.267 e. The maximum absolute atomic E-state index is 12.3. The number of nitrogens with one attached hydrogen (secondary N) is 1. The number of hydrogen-bond acceptors (Lipinski definition) is 3. The Kier molecular flexibility index (Phi) is 4.43. The Morgan fingerprint density at radius 2 is 2.10 bits per heavy atom. The van der Waals surface area contributed by atoms with Crippen LogP contribution in [0.3, 0.4) is 0 Å². The van der Waals surface area contributed by atoms with E-state index in [1.54, 1.807) is 4.57 Å². The molecule has 0 saturated heterocycles. The number of sulfonamides is 1. The average Bonchev–Trinajstić information content (AvgIpc) is 3.07. The van der Waals surface area contributed by atoms with E-state index >= 15 is 0 Å². The van der Waals surface area contributed by atoms with Crippen molar-refractivity contribution in [3.05, 3.63) is 18.0 Å². The third kappa shape index (κ3) is 3.65. The maximum atomic E-state index is 12.3. The summed E-state index contributed by atoms with van der Waals surface area (Å²) in [6.07, 6.45) is 5.56. The summed E-state index contributed by atoms with van der Waals surface area (Å²) in [5, 5.41) is 8.06. The van der Waals surface area contributed by atoms with Crippen LogP contribution in [0, 0.1) is 5.41 Å². The van der Waals surface area contributed by atoms with Gasteiger partial charge in [-0.2, -0.15) is 0 Å². The van der Waals surface area contributed by atoms with E-state index in [1.165, 1.54) is 12.3 Å². The summed E-state index contributed by atoms with van der Waals surface area (Å²) in [5.74, 6) is -0.238. The monoisotopic (exact) mass is 313 g/mol. The van der Waals surface area contributed by atoms with Gasteiger partial charge in [-0.3, -0.25) is 4.79 Å². The van der Waals surface area contributed by atoms with Gasteiger partial charge in [-0.25, -0.2) is 13.6 Å². The topological polar surface area (TPSA) is 94.2 Å². The lowest BCUT2D eigenvalue weighted by molar-refractivity contribution is 0.0935. The zero-order valence-corrected chi connectivity index (χ0v) is 13.4. The van der Waals surface area contributed by atoms with E-state index in [0.29, 0.717) is 18.8 Å². The van der Waals surface area contributed by atoms with Gasteiger partial charge in [-0.15, -0.1) is 0 Å². The number of carbonyl (C=O) groups excluding carboxylic acids is 1. The Balaban J connectivity index is 2.16. The molecule has 0 aliphatic heterocycles. The van der Waals surface area contributed by atoms with Gasteiger partial charge in [0.2, 0.25) is 10.0 Å². The van der Waals surface area contributed by atoms with Gasteiger partial charge in [-0.1, -0.05) is 13.8 Å². The summed E-state index contributed by atoms with van der Waals surface area (Å²) >= 11 is 0. The van der Waals surface area contributed by atoms with Crippen molar-refractivity contribution in [2.45, 2.75) is 51.0 Å². The van der Waals surface area contributed by atoms with E-state index < -0.39 is 10.0 Å². The van der Waals surface area contributed by atoms with Crippen molar-refractivity contribution in [2.24, 2.45) is 10.6 Å². The van der Waals surface area contributed by atoms with Crippen LogP contribution in [0.2, 0.25) is 0 Å². The van der Waals surface area contributed by atoms with Gasteiger partial charge in [-0.05, 0) is 37.2 Å². The summed E-state index contributed by atoms with van der Waals surface area (Å²) in [4.78, 5) is 12.3. The minimum absolute atomic E-state index is 0.0160. The number of aryl methyl sites for hydroxylation is 1. The number of aromatic nitrogens is 1. The van der Waals surface area contributed by atoms with Gasteiger partial charge >= 0.3 is 0 Å². The fraction of sp³-hybridized carbons (Fsp3) is 0.643. The SMILES string of the molecule is CCCn1cc(S(N)(=O)=O)cc1C(=O)NCC1(CC)CC1. The fourth-order valence-electron chi connectivity index (χ4n) is 2.45. The standard InChI is InChI=1S/C14H23N3O3S/c1-3-7-17-9-11(21(15,19)20)8-12(17)13(18)16-10-14(4-2)5-6-14/h8-9H,3-7,10H2,1-2H3,(H,16,18)(H2,15,19,20). The van der Waals surface area contributed by atoms with Crippen molar-refractivity contribution in [3.63, 3.8) is 0 Å². The van der Waals surface area contributed by atoms with Crippen molar-refractivity contribution < 1.29 is 13.2 Å². The second-order valence-corrected chi connectivity index (χ2v) is 7.40. The Bertz CT molecular complexity index is 630. The summed E-state index contributed by atoms with van der Waals surface area (Å²) in [6, 6.07) is 1.35. The van der Waals surface area contributed by atoms with Crippen LogP contribution in [-0.2, 0) is 16.6 Å². The van der Waals surface area contributed by atoms with Crippen LogP contribution in [0.25, 0.3) is 0 Å². The predicted molar refractivity (Wildman–Crippen MR) is 80.4 cm³/mol. The van der Waals surface area contributed by atoms with Crippen LogP contribution in [0.15, 0.2) is 17.2 Å². The fourth-order valence-corrected chi connectivity index (χ4v) is 3.00. The van der Waals surface area contributed by atoms with Crippen molar-refractivity contribution >= 4 is 15.9 Å². The highest BCUT2D eigenvalue weighted by molar-refractivity contribution is 7.89. The first-order valence-electron chi connectivity index (χ1n) is 7.32. The first-order valence-corrected chi connectivity index (χ1v) is 8.87. The van der Waals surface area contributed by atoms with Gasteiger partial charge in [0.1, 0.15) is 10.6 Å². The van der Waals surface area contributed by atoms with Gasteiger partial charge in [0.15, 0.2) is 0 Å². The molecular weight excluding hydrogens is 290 g/mol. The second-order valence-electron chi connectivity index (χ2n) is 5.84. The lowest BCUT2D eigenvalue weighted by Crippen LogP contribution is -2.31. The van der Waals surface area contributed by atoms with Gasteiger partial charge in [0, 0.05) is 19.3 Å². The summed E-state index contributed by atoms with van der Waals surface area (Å²) < 4.78 is 24.5. The lowest BCUT2D eigenvalue weighted by atomic mass is 10.0. The highest BCUT2D eigenvalue weighted by Gasteiger charge is 2.40. The number of primary sulfonamides is 1. The van der Waals surface area contributed by atoms with Crippen molar-refractivity contribution in [1.29, 1.82) is 0 Å². The Hall–Kier alpha value is -1.34. The average molecular weight is 313 g/mol. The van der Waals surface area contributed by atoms with E-state index in [-0.39, 0.29) is 16.2 Å². The molecule has 1 fully saturated rings. The van der Waals surface area contributed by atoms with Crippen molar-refractivity contribution in [3.8, 4) is 0 Å². The molecule has 118 valence electrons. The van der Waals surface area contributed by atoms with Gasteiger partial charge in [0.05, 0.1) is 0 Å². The van der Waals surface area contributed by atoms with Crippen molar-refractivity contribution in [1.82, 2.24) is 9.88 Å². The third-order valence-corrected chi connectivity index (χ3v) is 5.11. The van der Waals surface area contributed by atoms with Crippen LogP contribution in [0.1, 0.15) is 50.0 Å². The number of hydrogen-bond donors (Lipinski definition) is 2. The minimum atomic E-state index is -3.79. The number of nitrogens with zero attached hydrogens (tertiary/aromatic N) is 1. The van der Waals surface area contributed by atoms with Crippen LogP contribution >= 0.6 is 0 Å². The predicted octanol–water partition coefficient (Wildman–Crippen LogP) is 1.47. The first-order chi connectivity index (χ1) is 9.81. The molecule has 2 rings (SSSR count). The largest absolute Gasteiger partial charge is 0.350 e. The molecule has 1 heterocycles. The van der Waals surface area contributed by atoms with E-state index in [1.807, 2.05) is 6.92 Å². The van der Waals surface area contributed by atoms with E-state index in [9.17, 15) is 13.2 Å². The molecule has 0 bridgehead atoms. The third-order valence-electron chi connectivity index (χ3n) is 4.23. The van der Waals surface area contributed by atoms with Crippen molar-refractivity contribution in [2.75, 3.05) is 6.54 Å². The molecule has 6 nitrogen and oxygen atoms in total. The molecule has 0 unspecified atom stereocenters. The number of amides is 1. The molecule has 0 aromatic carbocycles. The van der Waals surface area contributed by atoms with Crippen LogP contribution in [0.5, 0.6) is 0 Å². The molecule has 0 atom stereocenters. The number of nitrogens with two attached hydrogens (primary N) is 1. The Morgan fingerprint density at radius 1 is 1.43 bits per heavy atom. The minimum Gasteiger partial charge on any atom is -0.350 e. The number of rotatable bonds is 7. The zero-order valence-electron chi connectivity index (χ0n) is 12.6. The van der Waals surface area contributed by atoms with Crippen LogP contribution in [-0.4, -0.2) is 25.4 Å². The Morgan fingerprint density at radius 3 is 2.57 bits per heavy atom.